The van der Waals surface area contributed by atoms with Gasteiger partial charge in [0, 0.05) is 18.2 Å². The molecule has 0 bridgehead atoms. The maximum absolute atomic E-state index is 13.6. The van der Waals surface area contributed by atoms with Gasteiger partial charge in [0.05, 0.1) is 0 Å². The van der Waals surface area contributed by atoms with E-state index in [-0.39, 0.29) is 17.1 Å². The van der Waals surface area contributed by atoms with Crippen LogP contribution < -0.4 is 5.32 Å². The van der Waals surface area contributed by atoms with Gasteiger partial charge in [-0.05, 0) is 30.6 Å². The van der Waals surface area contributed by atoms with Crippen LogP contribution >= 0.6 is 0 Å². The van der Waals surface area contributed by atoms with Crippen LogP contribution in [-0.4, -0.2) is 6.04 Å². The molecule has 1 aromatic rings. The molecule has 0 radical (unpaired) electrons. The third-order valence-corrected chi connectivity index (χ3v) is 4.03. The molecule has 1 N–H and O–H groups in total. The smallest absolute Gasteiger partial charge is 0.152 e. The van der Waals surface area contributed by atoms with Gasteiger partial charge in [0.1, 0.15) is 11.5 Å². The van der Waals surface area contributed by atoms with E-state index < -0.39 is 17.5 Å². The number of hydrogen-bond acceptors (Lipinski definition) is 1. The largest absolute Gasteiger partial charge is 0.377 e. The Morgan fingerprint density at radius 2 is 1.74 bits per heavy atom. The molecule has 1 fully saturated rings. The van der Waals surface area contributed by atoms with Crippen molar-refractivity contribution in [2.75, 3.05) is 5.32 Å². The molecular weight excluding hydrogens is 251 g/mol. The summed E-state index contributed by atoms with van der Waals surface area (Å²) in [6.07, 6.45) is 2.89. The first-order valence-electron chi connectivity index (χ1n) is 6.69. The molecule has 106 valence electrons. The minimum atomic E-state index is -0.890. The summed E-state index contributed by atoms with van der Waals surface area (Å²) >= 11 is 0. The van der Waals surface area contributed by atoms with Crippen LogP contribution in [0.5, 0.6) is 0 Å². The fraction of sp³-hybridized carbons (Fsp3) is 0.600. The van der Waals surface area contributed by atoms with Crippen molar-refractivity contribution in [2.24, 2.45) is 11.3 Å². The van der Waals surface area contributed by atoms with E-state index in [4.69, 9.17) is 0 Å². The van der Waals surface area contributed by atoms with Crippen molar-refractivity contribution in [3.8, 4) is 0 Å². The van der Waals surface area contributed by atoms with E-state index in [2.05, 4.69) is 26.1 Å². The molecule has 0 spiro atoms. The zero-order chi connectivity index (χ0) is 14.2. The molecule has 1 aliphatic rings. The Kier molecular flexibility index (Phi) is 3.79. The van der Waals surface area contributed by atoms with E-state index in [1.807, 2.05) is 0 Å². The second kappa shape index (κ2) is 5.06. The van der Waals surface area contributed by atoms with Crippen molar-refractivity contribution in [1.29, 1.82) is 0 Å². The lowest BCUT2D eigenvalue weighted by Gasteiger charge is -2.40. The minimum Gasteiger partial charge on any atom is -0.377 e. The van der Waals surface area contributed by atoms with Crippen LogP contribution in [0.1, 0.15) is 40.0 Å². The topological polar surface area (TPSA) is 12.0 Å². The highest BCUT2D eigenvalue weighted by atomic mass is 19.1. The maximum Gasteiger partial charge on any atom is 0.152 e. The summed E-state index contributed by atoms with van der Waals surface area (Å²) < 4.78 is 40.1. The molecule has 0 heterocycles. The van der Waals surface area contributed by atoms with Gasteiger partial charge in [-0.1, -0.05) is 20.8 Å². The van der Waals surface area contributed by atoms with Crippen molar-refractivity contribution in [3.63, 3.8) is 0 Å². The Labute approximate surface area is 112 Å². The SMILES string of the molecule is CC1CC(C)(C)CCC1Nc1c(F)cc(F)cc1F. The molecule has 2 rings (SSSR count). The standard InChI is InChI=1S/C15H20F3N/c1-9-8-15(2,3)5-4-13(9)19-14-11(17)6-10(16)7-12(14)18/h6-7,9,13,19H,4-5,8H2,1-3H3. The third kappa shape index (κ3) is 3.23. The molecule has 0 aromatic heterocycles. The third-order valence-electron chi connectivity index (χ3n) is 4.03. The first-order chi connectivity index (χ1) is 8.78. The predicted molar refractivity (Wildman–Crippen MR) is 70.5 cm³/mol. The predicted octanol–water partition coefficient (Wildman–Crippen LogP) is 4.73. The molecule has 1 aliphatic carbocycles. The summed E-state index contributed by atoms with van der Waals surface area (Å²) in [6, 6.07) is 1.45. The lowest BCUT2D eigenvalue weighted by molar-refractivity contribution is 0.176. The Bertz CT molecular complexity index is 447. The van der Waals surface area contributed by atoms with Crippen molar-refractivity contribution >= 4 is 5.69 Å². The normalized spacial score (nSPS) is 26.2. The molecule has 0 aliphatic heterocycles. The Morgan fingerprint density at radius 3 is 2.26 bits per heavy atom. The van der Waals surface area contributed by atoms with Crippen LogP contribution in [0.2, 0.25) is 0 Å². The van der Waals surface area contributed by atoms with Crippen molar-refractivity contribution < 1.29 is 13.2 Å². The number of benzene rings is 1. The van der Waals surface area contributed by atoms with E-state index in [0.29, 0.717) is 18.1 Å². The molecule has 2 unspecified atom stereocenters. The van der Waals surface area contributed by atoms with Gasteiger partial charge in [-0.2, -0.15) is 0 Å². The lowest BCUT2D eigenvalue weighted by atomic mass is 9.70. The molecule has 2 atom stereocenters. The van der Waals surface area contributed by atoms with E-state index in [1.54, 1.807) is 0 Å². The first-order valence-corrected chi connectivity index (χ1v) is 6.69. The zero-order valence-electron chi connectivity index (χ0n) is 11.6. The Morgan fingerprint density at radius 1 is 1.16 bits per heavy atom. The van der Waals surface area contributed by atoms with Gasteiger partial charge in [-0.25, -0.2) is 13.2 Å². The Balaban J connectivity index is 2.14. The molecular formula is C15H20F3N. The summed E-state index contributed by atoms with van der Waals surface area (Å²) in [5, 5.41) is 2.92. The van der Waals surface area contributed by atoms with Gasteiger partial charge < -0.3 is 5.32 Å². The molecule has 4 heteroatoms. The summed E-state index contributed by atoms with van der Waals surface area (Å²) in [4.78, 5) is 0. The minimum absolute atomic E-state index is 0.0301. The lowest BCUT2D eigenvalue weighted by Crippen LogP contribution is -2.37. The van der Waals surface area contributed by atoms with E-state index >= 15 is 0 Å². The van der Waals surface area contributed by atoms with Crippen LogP contribution in [0.3, 0.4) is 0 Å². The number of halogens is 3. The molecule has 1 aromatic carbocycles. The molecule has 1 nitrogen and oxygen atoms in total. The molecule has 19 heavy (non-hydrogen) atoms. The van der Waals surface area contributed by atoms with Gasteiger partial charge in [0.15, 0.2) is 11.6 Å². The van der Waals surface area contributed by atoms with E-state index in [1.165, 1.54) is 0 Å². The van der Waals surface area contributed by atoms with Crippen molar-refractivity contribution in [2.45, 2.75) is 46.1 Å². The highest BCUT2D eigenvalue weighted by Gasteiger charge is 2.33. The Hall–Kier alpha value is -1.19. The van der Waals surface area contributed by atoms with Crippen molar-refractivity contribution in [3.05, 3.63) is 29.6 Å². The van der Waals surface area contributed by atoms with Crippen LogP contribution in [0.4, 0.5) is 18.9 Å². The number of rotatable bonds is 2. The van der Waals surface area contributed by atoms with Gasteiger partial charge in [0.2, 0.25) is 0 Å². The highest BCUT2D eigenvalue weighted by Crippen LogP contribution is 2.40. The summed E-state index contributed by atoms with van der Waals surface area (Å²) in [6.45, 7) is 6.50. The summed E-state index contributed by atoms with van der Waals surface area (Å²) in [7, 11) is 0. The second-order valence-corrected chi connectivity index (χ2v) is 6.38. The fourth-order valence-electron chi connectivity index (χ4n) is 3.03. The number of nitrogens with one attached hydrogen (secondary N) is 1. The van der Waals surface area contributed by atoms with Crippen LogP contribution in [0.25, 0.3) is 0 Å². The van der Waals surface area contributed by atoms with E-state index in [9.17, 15) is 13.2 Å². The molecule has 1 saturated carbocycles. The average molecular weight is 271 g/mol. The highest BCUT2D eigenvalue weighted by molar-refractivity contribution is 5.47. The van der Waals surface area contributed by atoms with E-state index in [0.717, 1.165) is 19.3 Å². The molecule has 0 saturated heterocycles. The van der Waals surface area contributed by atoms with Gasteiger partial charge in [-0.3, -0.25) is 0 Å². The number of anilines is 1. The fourth-order valence-corrected chi connectivity index (χ4v) is 3.03. The second-order valence-electron chi connectivity index (χ2n) is 6.38. The van der Waals surface area contributed by atoms with Crippen LogP contribution in [-0.2, 0) is 0 Å². The number of hydrogen-bond donors (Lipinski definition) is 1. The van der Waals surface area contributed by atoms with Gasteiger partial charge in [0.25, 0.3) is 0 Å². The first kappa shape index (κ1) is 14.2. The van der Waals surface area contributed by atoms with Crippen LogP contribution in [0, 0.1) is 28.8 Å². The monoisotopic (exact) mass is 271 g/mol. The van der Waals surface area contributed by atoms with Gasteiger partial charge in [-0.15, -0.1) is 0 Å². The van der Waals surface area contributed by atoms with Crippen LogP contribution in [0.15, 0.2) is 12.1 Å². The quantitative estimate of drug-likeness (QED) is 0.820. The van der Waals surface area contributed by atoms with Gasteiger partial charge >= 0.3 is 0 Å². The summed E-state index contributed by atoms with van der Waals surface area (Å²) in [5.74, 6) is -2.30. The zero-order valence-corrected chi connectivity index (χ0v) is 11.6. The van der Waals surface area contributed by atoms with Crippen molar-refractivity contribution in [1.82, 2.24) is 0 Å². The summed E-state index contributed by atoms with van der Waals surface area (Å²) in [5.41, 5.74) is 0.0651. The molecule has 0 amide bonds. The average Bonchev–Trinajstić information content (AvgIpc) is 2.24. The maximum atomic E-state index is 13.6.